The van der Waals surface area contributed by atoms with E-state index >= 15 is 0 Å². The second-order valence-corrected chi connectivity index (χ2v) is 5.32. The van der Waals surface area contributed by atoms with E-state index in [9.17, 15) is 22.7 Å². The van der Waals surface area contributed by atoms with Crippen molar-refractivity contribution in [3.05, 3.63) is 29.8 Å². The van der Waals surface area contributed by atoms with Crippen LogP contribution in [-0.4, -0.2) is 55.3 Å². The fourth-order valence-corrected chi connectivity index (χ4v) is 2.69. The zero-order valence-electron chi connectivity index (χ0n) is 12.9. The van der Waals surface area contributed by atoms with Crippen molar-refractivity contribution in [3.8, 4) is 5.75 Å². The molecule has 1 atom stereocenters. The molecule has 9 heteroatoms. The van der Waals surface area contributed by atoms with Gasteiger partial charge in [-0.1, -0.05) is 18.2 Å². The number of benzene rings is 1. The van der Waals surface area contributed by atoms with Crippen molar-refractivity contribution in [1.82, 2.24) is 10.2 Å². The molecule has 1 aliphatic rings. The van der Waals surface area contributed by atoms with Crippen LogP contribution in [0.5, 0.6) is 5.75 Å². The highest BCUT2D eigenvalue weighted by Gasteiger charge is 2.44. The van der Waals surface area contributed by atoms with Crippen LogP contribution in [-0.2, 0) is 0 Å². The first-order chi connectivity index (χ1) is 11.0. The highest BCUT2D eigenvalue weighted by Crippen LogP contribution is 2.36. The first-order valence-corrected chi connectivity index (χ1v) is 7.45. The lowest BCUT2D eigenvalue weighted by atomic mass is 10.0. The van der Waals surface area contributed by atoms with Crippen molar-refractivity contribution in [2.75, 3.05) is 32.8 Å². The van der Waals surface area contributed by atoms with Gasteiger partial charge < -0.3 is 15.2 Å². The van der Waals surface area contributed by atoms with Crippen LogP contribution < -0.4 is 10.1 Å². The number of rotatable bonds is 7. The molecule has 138 valence electrons. The number of para-hydroxylation sites is 1. The zero-order valence-corrected chi connectivity index (χ0v) is 13.7. The average Bonchev–Trinajstić information content (AvgIpc) is 2.54. The van der Waals surface area contributed by atoms with E-state index in [2.05, 4.69) is 10.1 Å². The summed E-state index contributed by atoms with van der Waals surface area (Å²) in [4.78, 5) is 2.02. The normalized spacial score (nSPS) is 17.4. The van der Waals surface area contributed by atoms with Crippen LogP contribution in [0.2, 0.25) is 0 Å². The van der Waals surface area contributed by atoms with E-state index in [0.717, 1.165) is 13.1 Å². The van der Waals surface area contributed by atoms with E-state index in [0.29, 0.717) is 25.1 Å². The van der Waals surface area contributed by atoms with Gasteiger partial charge in [0.2, 0.25) is 0 Å². The zero-order chi connectivity index (χ0) is 16.9. The summed E-state index contributed by atoms with van der Waals surface area (Å²) in [5, 5.41) is 12.5. The minimum Gasteiger partial charge on any atom is -0.428 e. The number of nitrogens with zero attached hydrogens (tertiary/aromatic N) is 1. The van der Waals surface area contributed by atoms with E-state index in [1.54, 1.807) is 12.1 Å². The Morgan fingerprint density at radius 2 is 1.83 bits per heavy atom. The molecule has 1 heterocycles. The van der Waals surface area contributed by atoms with Gasteiger partial charge in [-0.25, -0.2) is 0 Å². The van der Waals surface area contributed by atoms with Gasteiger partial charge in [0.15, 0.2) is 0 Å². The number of hydrogen-bond donors (Lipinski definition) is 2. The molecule has 0 aliphatic carbocycles. The van der Waals surface area contributed by atoms with Crippen molar-refractivity contribution in [3.63, 3.8) is 0 Å². The van der Waals surface area contributed by atoms with Gasteiger partial charge in [0.1, 0.15) is 5.75 Å². The van der Waals surface area contributed by atoms with Gasteiger partial charge >= 0.3 is 12.5 Å². The minimum atomic E-state index is -4.55. The number of piperazine rings is 1. The summed E-state index contributed by atoms with van der Waals surface area (Å²) in [7, 11) is 0. The molecule has 24 heavy (non-hydrogen) atoms. The second-order valence-electron chi connectivity index (χ2n) is 5.32. The molecule has 2 N–H and O–H groups in total. The number of alkyl halides is 4. The Kier molecular flexibility index (Phi) is 8.21. The Morgan fingerprint density at radius 3 is 2.42 bits per heavy atom. The Balaban J connectivity index is 0.00000288. The molecule has 0 aromatic heterocycles. The standard InChI is InChI=1S/C15H20F4N2O2.ClH/c16-14(17)15(18,19)23-13-4-2-1-3-11(13)12(5-10-22)21-8-6-20-7-9-21;/h1-4,12,14,20,22H,5-10H2;1H/t12-;/m0./s1. The lowest BCUT2D eigenvalue weighted by Gasteiger charge is -2.36. The largest absolute Gasteiger partial charge is 0.461 e. The average molecular weight is 373 g/mol. The van der Waals surface area contributed by atoms with Crippen LogP contribution in [0.15, 0.2) is 24.3 Å². The Hall–Kier alpha value is -1.09. The van der Waals surface area contributed by atoms with E-state index < -0.39 is 12.5 Å². The van der Waals surface area contributed by atoms with Gasteiger partial charge in [-0.3, -0.25) is 4.90 Å². The number of ether oxygens (including phenoxy) is 1. The summed E-state index contributed by atoms with van der Waals surface area (Å²) >= 11 is 0. The molecule has 1 aromatic carbocycles. The third-order valence-corrected chi connectivity index (χ3v) is 3.77. The first-order valence-electron chi connectivity index (χ1n) is 7.45. The third-order valence-electron chi connectivity index (χ3n) is 3.77. The number of halogens is 5. The predicted molar refractivity (Wildman–Crippen MR) is 84.2 cm³/mol. The maximum atomic E-state index is 13.3. The second kappa shape index (κ2) is 9.41. The van der Waals surface area contributed by atoms with E-state index in [4.69, 9.17) is 0 Å². The molecule has 0 bridgehead atoms. The number of aliphatic hydroxyl groups is 1. The Morgan fingerprint density at radius 1 is 1.21 bits per heavy atom. The summed E-state index contributed by atoms with van der Waals surface area (Å²) in [5.41, 5.74) is 0.378. The van der Waals surface area contributed by atoms with Gasteiger partial charge in [0, 0.05) is 44.4 Å². The van der Waals surface area contributed by atoms with Crippen molar-refractivity contribution in [2.24, 2.45) is 0 Å². The summed E-state index contributed by atoms with van der Waals surface area (Å²) in [5.74, 6) is -0.283. The highest BCUT2D eigenvalue weighted by molar-refractivity contribution is 5.85. The molecule has 1 fully saturated rings. The van der Waals surface area contributed by atoms with Crippen molar-refractivity contribution < 1.29 is 27.4 Å². The Labute approximate surface area is 144 Å². The van der Waals surface area contributed by atoms with E-state index in [-0.39, 0.29) is 30.8 Å². The summed E-state index contributed by atoms with van der Waals surface area (Å²) in [6.07, 6.45) is -8.16. The van der Waals surface area contributed by atoms with Gasteiger partial charge in [0.25, 0.3) is 0 Å². The number of hydrogen-bond acceptors (Lipinski definition) is 4. The molecule has 0 spiro atoms. The molecule has 0 amide bonds. The van der Waals surface area contributed by atoms with Gasteiger partial charge in [0.05, 0.1) is 0 Å². The fraction of sp³-hybridized carbons (Fsp3) is 0.600. The van der Waals surface area contributed by atoms with Crippen molar-refractivity contribution in [2.45, 2.75) is 25.0 Å². The highest BCUT2D eigenvalue weighted by atomic mass is 35.5. The van der Waals surface area contributed by atoms with Crippen LogP contribution in [0.4, 0.5) is 17.6 Å². The quantitative estimate of drug-likeness (QED) is 0.722. The minimum absolute atomic E-state index is 0. The third kappa shape index (κ3) is 5.20. The van der Waals surface area contributed by atoms with E-state index in [1.165, 1.54) is 12.1 Å². The van der Waals surface area contributed by atoms with Crippen LogP contribution in [0.25, 0.3) is 0 Å². The monoisotopic (exact) mass is 372 g/mol. The smallest absolute Gasteiger partial charge is 0.428 e. The molecular weight excluding hydrogens is 352 g/mol. The SMILES string of the molecule is Cl.OCC[C@@H](c1ccccc1OC(F)(F)C(F)F)N1CCNCC1. The molecule has 0 saturated carbocycles. The molecular formula is C15H21ClF4N2O2. The first kappa shape index (κ1) is 21.0. The summed E-state index contributed by atoms with van der Waals surface area (Å²) in [6.45, 7) is 2.67. The van der Waals surface area contributed by atoms with Gasteiger partial charge in [-0.2, -0.15) is 17.6 Å². The molecule has 0 radical (unpaired) electrons. The van der Waals surface area contributed by atoms with Crippen LogP contribution in [0.3, 0.4) is 0 Å². The molecule has 2 rings (SSSR count). The molecule has 0 unspecified atom stereocenters. The topological polar surface area (TPSA) is 44.7 Å². The van der Waals surface area contributed by atoms with E-state index in [1.807, 2.05) is 4.90 Å². The lowest BCUT2D eigenvalue weighted by Crippen LogP contribution is -2.45. The van der Waals surface area contributed by atoms with Crippen molar-refractivity contribution >= 4 is 12.4 Å². The summed E-state index contributed by atoms with van der Waals surface area (Å²) < 4.78 is 55.6. The lowest BCUT2D eigenvalue weighted by molar-refractivity contribution is -0.253. The molecule has 1 aromatic rings. The summed E-state index contributed by atoms with van der Waals surface area (Å²) in [6, 6.07) is 5.53. The molecule has 4 nitrogen and oxygen atoms in total. The maximum absolute atomic E-state index is 13.3. The molecule has 1 saturated heterocycles. The van der Waals surface area contributed by atoms with Gasteiger partial charge in [-0.05, 0) is 12.5 Å². The predicted octanol–water partition coefficient (Wildman–Crippen LogP) is 2.67. The molecule has 1 aliphatic heterocycles. The fourth-order valence-electron chi connectivity index (χ4n) is 2.69. The van der Waals surface area contributed by atoms with Gasteiger partial charge in [-0.15, -0.1) is 12.4 Å². The maximum Gasteiger partial charge on any atom is 0.461 e. The Bertz CT molecular complexity index is 502. The van der Waals surface area contributed by atoms with Crippen molar-refractivity contribution in [1.29, 1.82) is 0 Å². The van der Waals surface area contributed by atoms with Crippen LogP contribution in [0.1, 0.15) is 18.0 Å². The number of aliphatic hydroxyl groups excluding tert-OH is 1. The van der Waals surface area contributed by atoms with Crippen LogP contribution >= 0.6 is 12.4 Å². The number of nitrogens with one attached hydrogen (secondary N) is 1. The van der Waals surface area contributed by atoms with Crippen LogP contribution in [0, 0.1) is 0 Å².